The zero-order valence-corrected chi connectivity index (χ0v) is 3.27. The van der Waals surface area contributed by atoms with Crippen LogP contribution in [0.15, 0.2) is 12.7 Å². The van der Waals surface area contributed by atoms with Crippen molar-refractivity contribution in [1.82, 2.24) is 0 Å². The molecule has 0 spiro atoms. The molecule has 6 heavy (non-hydrogen) atoms. The van der Waals surface area contributed by atoms with Crippen molar-refractivity contribution >= 4 is 5.91 Å². The van der Waals surface area contributed by atoms with Crippen molar-refractivity contribution < 1.29 is 6.21 Å². The summed E-state index contributed by atoms with van der Waals surface area (Å²) >= 11 is 0. The second-order valence-electron chi connectivity index (χ2n) is 0.767. The quantitative estimate of drug-likeness (QED) is 0.498. The van der Waals surface area contributed by atoms with E-state index in [4.69, 9.17) is 1.41 Å². The number of rotatable bonds is 2. The van der Waals surface area contributed by atoms with Crippen LogP contribution in [-0.2, 0) is 4.79 Å². The average molecular weight is 85.1 g/mol. The van der Waals surface area contributed by atoms with Gasteiger partial charge in [-0.2, -0.15) is 0 Å². The monoisotopic (exact) mass is 85.1 g/mol. The minimum Gasteiger partial charge on any atom is -0.369 e. The summed E-state index contributed by atoms with van der Waals surface area (Å²) in [5.41, 5.74) is 1.65. The van der Waals surface area contributed by atoms with Gasteiger partial charge in [-0.1, -0.05) is 6.08 Å². The highest BCUT2D eigenvalue weighted by molar-refractivity contribution is 5.84. The highest BCUT2D eigenvalue weighted by Gasteiger charge is 1.81. The SMILES string of the molecule is [2H]NC(=O)[CH]C=C. The molecule has 0 aliphatic rings. The molecule has 1 amide bonds. The minimum atomic E-state index is -0.449. The lowest BCUT2D eigenvalue weighted by molar-refractivity contribution is -0.114. The van der Waals surface area contributed by atoms with Gasteiger partial charge in [0.25, 0.3) is 0 Å². The average Bonchev–Trinajstić information content (AvgIpc) is 1.68. The standard InChI is InChI=1S/C4H6NO/c1-2-3-4(5)6/h2-3H,1H2,(H2,5,6)/i/hD. The van der Waals surface area contributed by atoms with Crippen molar-refractivity contribution in [2.45, 2.75) is 0 Å². The predicted molar refractivity (Wildman–Crippen MR) is 23.7 cm³/mol. The van der Waals surface area contributed by atoms with Crippen molar-refractivity contribution in [3.8, 4) is 0 Å². The maximum absolute atomic E-state index is 9.99. The lowest BCUT2D eigenvalue weighted by atomic mass is 10.4. The van der Waals surface area contributed by atoms with Gasteiger partial charge in [-0.15, -0.1) is 6.58 Å². The number of carbonyl (C=O) groups excluding carboxylic acids is 1. The van der Waals surface area contributed by atoms with Crippen molar-refractivity contribution in [3.05, 3.63) is 19.1 Å². The van der Waals surface area contributed by atoms with E-state index in [0.717, 1.165) is 0 Å². The summed E-state index contributed by atoms with van der Waals surface area (Å²) in [5, 5.41) is 0. The van der Waals surface area contributed by atoms with E-state index in [1.807, 2.05) is 0 Å². The van der Waals surface area contributed by atoms with Crippen molar-refractivity contribution in [3.63, 3.8) is 0 Å². The molecule has 33 valence electrons. The van der Waals surface area contributed by atoms with Crippen LogP contribution in [-0.4, -0.2) is 5.91 Å². The first-order valence-electron chi connectivity index (χ1n) is 1.98. The van der Waals surface area contributed by atoms with Gasteiger partial charge >= 0.3 is 0 Å². The van der Waals surface area contributed by atoms with Crippen molar-refractivity contribution in [1.29, 1.82) is 0 Å². The molecular weight excluding hydrogens is 78.0 g/mol. The first kappa shape index (κ1) is 3.40. The van der Waals surface area contributed by atoms with Crippen molar-refractivity contribution in [2.24, 2.45) is 5.73 Å². The Balaban J connectivity index is 3.17. The fraction of sp³-hybridized carbons (Fsp3) is 0. The Kier molecular flexibility index (Phi) is 1.39. The Bertz CT molecular complexity index is 81.8. The fourth-order valence-corrected chi connectivity index (χ4v) is 0.107. The van der Waals surface area contributed by atoms with Crippen LogP contribution >= 0.6 is 0 Å². The van der Waals surface area contributed by atoms with E-state index in [0.29, 0.717) is 0 Å². The van der Waals surface area contributed by atoms with Crippen LogP contribution in [0.1, 0.15) is 0 Å². The van der Waals surface area contributed by atoms with Gasteiger partial charge in [0.05, 0.1) is 6.42 Å². The van der Waals surface area contributed by atoms with E-state index < -0.39 is 5.91 Å². The van der Waals surface area contributed by atoms with Gasteiger partial charge in [-0.25, -0.2) is 0 Å². The smallest absolute Gasteiger partial charge is 0.225 e. The molecule has 0 rings (SSSR count). The van der Waals surface area contributed by atoms with E-state index in [1.165, 1.54) is 12.5 Å². The first-order chi connectivity index (χ1) is 3.31. The van der Waals surface area contributed by atoms with Gasteiger partial charge in [0.15, 0.2) is 1.41 Å². The Morgan fingerprint density at radius 1 is 2.17 bits per heavy atom. The molecule has 0 aromatic heterocycles. The van der Waals surface area contributed by atoms with Crippen LogP contribution in [0.3, 0.4) is 0 Å². The van der Waals surface area contributed by atoms with E-state index in [9.17, 15) is 4.79 Å². The van der Waals surface area contributed by atoms with Gasteiger partial charge in [0, 0.05) is 0 Å². The molecule has 0 aromatic rings. The molecule has 0 fully saturated rings. The third-order valence-corrected chi connectivity index (χ3v) is 0.269. The van der Waals surface area contributed by atoms with E-state index in [2.05, 4.69) is 6.58 Å². The third-order valence-electron chi connectivity index (χ3n) is 0.269. The number of amides is 1. The summed E-state index contributed by atoms with van der Waals surface area (Å²) in [4.78, 5) is 9.99. The second-order valence-corrected chi connectivity index (χ2v) is 0.767. The van der Waals surface area contributed by atoms with Crippen LogP contribution in [0.5, 0.6) is 0 Å². The lowest BCUT2D eigenvalue weighted by Gasteiger charge is -1.75. The number of hydrogen-bond donors (Lipinski definition) is 1. The van der Waals surface area contributed by atoms with E-state index in [1.54, 1.807) is 5.73 Å². The van der Waals surface area contributed by atoms with Gasteiger partial charge in [0.1, 0.15) is 0 Å². The maximum atomic E-state index is 9.99. The highest BCUT2D eigenvalue weighted by atomic mass is 16.1. The Hall–Kier alpha value is -0.790. The summed E-state index contributed by atoms with van der Waals surface area (Å²) in [6.07, 6.45) is 2.50. The second kappa shape index (κ2) is 2.45. The predicted octanol–water partition coefficient (Wildman–Crippen LogP) is -0.138. The highest BCUT2D eigenvalue weighted by Crippen LogP contribution is 1.68. The summed E-state index contributed by atoms with van der Waals surface area (Å²) in [5.74, 6) is -0.449. The van der Waals surface area contributed by atoms with Crippen molar-refractivity contribution in [2.75, 3.05) is 0 Å². The Morgan fingerprint density at radius 2 is 2.83 bits per heavy atom. The van der Waals surface area contributed by atoms with E-state index >= 15 is 0 Å². The Morgan fingerprint density at radius 3 is 3.00 bits per heavy atom. The topological polar surface area (TPSA) is 43.1 Å². The lowest BCUT2D eigenvalue weighted by Crippen LogP contribution is -2.08. The fourth-order valence-electron chi connectivity index (χ4n) is 0.107. The first-order valence-corrected chi connectivity index (χ1v) is 1.48. The Labute approximate surface area is 38.1 Å². The molecular formula is C4H6NO. The summed E-state index contributed by atoms with van der Waals surface area (Å²) in [6.45, 7) is 3.25. The molecule has 0 aliphatic carbocycles. The van der Waals surface area contributed by atoms with Gasteiger partial charge in [-0.05, 0) is 0 Å². The molecule has 1 radical (unpaired) electrons. The molecule has 2 N–H and O–H groups in total. The number of primary amides is 1. The number of hydrogen-bond acceptors (Lipinski definition) is 1. The molecule has 0 aliphatic heterocycles. The molecule has 0 atom stereocenters. The summed E-state index contributed by atoms with van der Waals surface area (Å²) < 4.78 is 6.23. The molecule has 2 heteroatoms. The molecule has 0 unspecified atom stereocenters. The third kappa shape index (κ3) is 3.21. The van der Waals surface area contributed by atoms with Gasteiger partial charge in [-0.3, -0.25) is 4.79 Å². The van der Waals surface area contributed by atoms with Crippen LogP contribution in [0.2, 0.25) is 1.41 Å². The maximum Gasteiger partial charge on any atom is 0.225 e. The largest absolute Gasteiger partial charge is 0.369 e. The molecule has 0 heterocycles. The zero-order chi connectivity index (χ0) is 5.70. The molecule has 2 nitrogen and oxygen atoms in total. The van der Waals surface area contributed by atoms with Crippen LogP contribution in [0.4, 0.5) is 0 Å². The van der Waals surface area contributed by atoms with Gasteiger partial charge < -0.3 is 5.73 Å². The molecule has 0 bridgehead atoms. The zero-order valence-electron chi connectivity index (χ0n) is 4.27. The van der Waals surface area contributed by atoms with Crippen LogP contribution in [0, 0.1) is 6.42 Å². The van der Waals surface area contributed by atoms with Crippen LogP contribution < -0.4 is 5.73 Å². The molecule has 0 aromatic carbocycles. The molecule has 0 saturated heterocycles. The summed E-state index contributed by atoms with van der Waals surface area (Å²) in [7, 11) is 0. The number of nitrogens with two attached hydrogens (primary N) is 1. The normalized spacial score (nSPS) is 9.00. The number of carbonyl (C=O) groups is 1. The van der Waals surface area contributed by atoms with Crippen LogP contribution in [0.25, 0.3) is 0 Å². The summed E-state index contributed by atoms with van der Waals surface area (Å²) in [6, 6.07) is 0. The van der Waals surface area contributed by atoms with Gasteiger partial charge in [0.2, 0.25) is 5.91 Å². The van der Waals surface area contributed by atoms with E-state index in [-0.39, 0.29) is 0 Å². The molecule has 0 saturated carbocycles. The minimum absolute atomic E-state index is 0.449.